The van der Waals surface area contributed by atoms with E-state index in [4.69, 9.17) is 23.2 Å². The first kappa shape index (κ1) is 21.9. The van der Waals surface area contributed by atoms with Gasteiger partial charge in [-0.15, -0.1) is 0 Å². The minimum Gasteiger partial charge on any atom is -0.227 e. The van der Waals surface area contributed by atoms with Crippen LogP contribution in [-0.2, 0) is 0 Å². The molecule has 0 N–H and O–H groups in total. The van der Waals surface area contributed by atoms with Gasteiger partial charge in [0.25, 0.3) is 0 Å². The van der Waals surface area contributed by atoms with Crippen LogP contribution in [-0.4, -0.2) is 19.9 Å². The van der Waals surface area contributed by atoms with E-state index in [2.05, 4.69) is 50.3 Å². The molecule has 1 saturated carbocycles. The molecule has 152 valence electrons. The number of aromatic nitrogens is 4. The zero-order valence-electron chi connectivity index (χ0n) is 16.4. The van der Waals surface area contributed by atoms with Crippen molar-refractivity contribution in [1.82, 2.24) is 19.9 Å². The van der Waals surface area contributed by atoms with Crippen LogP contribution in [0.5, 0.6) is 0 Å². The van der Waals surface area contributed by atoms with Crippen molar-refractivity contribution in [1.29, 1.82) is 0 Å². The Morgan fingerprint density at radius 2 is 1.10 bits per heavy atom. The fourth-order valence-corrected chi connectivity index (χ4v) is 3.44. The van der Waals surface area contributed by atoms with E-state index in [0.717, 1.165) is 5.69 Å². The Morgan fingerprint density at radius 1 is 0.567 bits per heavy atom. The first-order chi connectivity index (χ1) is 14.7. The summed E-state index contributed by atoms with van der Waals surface area (Å²) in [6.07, 6.45) is 7.35. The van der Waals surface area contributed by atoms with Crippen molar-refractivity contribution >= 4 is 23.2 Å². The van der Waals surface area contributed by atoms with Gasteiger partial charge >= 0.3 is 0 Å². The van der Waals surface area contributed by atoms with Gasteiger partial charge < -0.3 is 0 Å². The van der Waals surface area contributed by atoms with Crippen LogP contribution in [0, 0.1) is 0 Å². The molecule has 0 amide bonds. The van der Waals surface area contributed by atoms with Crippen molar-refractivity contribution in [3.63, 3.8) is 0 Å². The van der Waals surface area contributed by atoms with Gasteiger partial charge in [0, 0.05) is 30.2 Å². The van der Waals surface area contributed by atoms with E-state index >= 15 is 0 Å². The minimum absolute atomic E-state index is 0.294. The fraction of sp³-hybridized carbons (Fsp3) is 0.167. The van der Waals surface area contributed by atoms with Crippen LogP contribution in [0.15, 0.2) is 97.5 Å². The van der Waals surface area contributed by atoms with Crippen LogP contribution >= 0.6 is 23.2 Å². The van der Waals surface area contributed by atoms with Crippen molar-refractivity contribution in [2.75, 3.05) is 0 Å². The third-order valence-corrected chi connectivity index (χ3v) is 5.11. The van der Waals surface area contributed by atoms with Gasteiger partial charge in [0.05, 0.1) is 0 Å². The highest BCUT2D eigenvalue weighted by Crippen LogP contribution is 2.48. The lowest BCUT2D eigenvalue weighted by atomic mass is 9.68. The summed E-state index contributed by atoms with van der Waals surface area (Å²) >= 11 is 11.2. The van der Waals surface area contributed by atoms with Crippen LogP contribution in [0.25, 0.3) is 0 Å². The maximum atomic E-state index is 5.84. The molecular weight excluding hydrogens is 415 g/mol. The molecule has 2 unspecified atom stereocenters. The lowest BCUT2D eigenvalue weighted by Crippen LogP contribution is -2.22. The second-order valence-corrected chi connectivity index (χ2v) is 7.30. The van der Waals surface area contributed by atoms with E-state index in [-0.39, 0.29) is 0 Å². The largest absolute Gasteiger partial charge is 0.227 e. The standard InChI is InChI=1S/C14H13ClN2.C6H6.C4H3ClN2/c15-14-16-9-8-13(17-14)12-7-6-11(12)10-4-2-1-3-5-10;1-2-4-6-5-3-1;5-4-6-2-1-3-7-4/h1-5,8-9,11-12H,6-7H2;1-6H;1-3H. The Hall–Kier alpha value is -2.82. The molecule has 0 bridgehead atoms. The Bertz CT molecular complexity index is 959. The summed E-state index contributed by atoms with van der Waals surface area (Å²) in [6.45, 7) is 0. The van der Waals surface area contributed by atoms with Gasteiger partial charge in [-0.1, -0.05) is 66.7 Å². The highest BCUT2D eigenvalue weighted by molar-refractivity contribution is 6.28. The molecule has 0 radical (unpaired) electrons. The summed E-state index contributed by atoms with van der Waals surface area (Å²) < 4.78 is 0. The molecule has 2 heterocycles. The van der Waals surface area contributed by atoms with Crippen LogP contribution in [0.2, 0.25) is 10.6 Å². The number of rotatable bonds is 2. The monoisotopic (exact) mass is 436 g/mol. The number of hydrogen-bond acceptors (Lipinski definition) is 4. The Kier molecular flexibility index (Phi) is 8.76. The Labute approximate surface area is 187 Å². The van der Waals surface area contributed by atoms with E-state index in [0.29, 0.717) is 22.4 Å². The second-order valence-electron chi connectivity index (χ2n) is 6.62. The summed E-state index contributed by atoms with van der Waals surface area (Å²) in [6, 6.07) is 26.3. The topological polar surface area (TPSA) is 51.6 Å². The molecule has 0 saturated heterocycles. The van der Waals surface area contributed by atoms with Gasteiger partial charge in [-0.3, -0.25) is 0 Å². The number of halogens is 2. The zero-order chi connectivity index (χ0) is 21.0. The molecule has 2 aromatic carbocycles. The van der Waals surface area contributed by atoms with Crippen molar-refractivity contribution in [3.8, 4) is 0 Å². The zero-order valence-corrected chi connectivity index (χ0v) is 17.9. The fourth-order valence-electron chi connectivity index (χ4n) is 3.17. The van der Waals surface area contributed by atoms with Gasteiger partial charge in [-0.25, -0.2) is 19.9 Å². The van der Waals surface area contributed by atoms with Gasteiger partial charge in [0.1, 0.15) is 0 Å². The maximum absolute atomic E-state index is 5.84. The molecule has 0 aliphatic heterocycles. The number of hydrogen-bond donors (Lipinski definition) is 0. The average Bonchev–Trinajstić information content (AvgIpc) is 2.77. The maximum Gasteiger partial charge on any atom is 0.222 e. The summed E-state index contributed by atoms with van der Waals surface area (Å²) in [5.74, 6) is 1.08. The summed E-state index contributed by atoms with van der Waals surface area (Å²) in [7, 11) is 0. The lowest BCUT2D eigenvalue weighted by Gasteiger charge is -2.36. The molecule has 6 heteroatoms. The van der Waals surface area contributed by atoms with E-state index in [1.54, 1.807) is 24.7 Å². The molecule has 1 aliphatic rings. The van der Waals surface area contributed by atoms with E-state index < -0.39 is 0 Å². The van der Waals surface area contributed by atoms with Crippen LogP contribution in [0.3, 0.4) is 0 Å². The minimum atomic E-state index is 0.294. The van der Waals surface area contributed by atoms with Crippen LogP contribution in [0.4, 0.5) is 0 Å². The Morgan fingerprint density at radius 3 is 1.57 bits per heavy atom. The molecule has 5 rings (SSSR count). The van der Waals surface area contributed by atoms with Gasteiger partial charge in [-0.2, -0.15) is 0 Å². The SMILES string of the molecule is Clc1nccc(C2CCC2c2ccccc2)n1.Clc1ncccn1.c1ccccc1. The molecular formula is C24H22Cl2N4. The predicted octanol–water partition coefficient (Wildman–Crippen LogP) is 6.61. The Balaban J connectivity index is 0.000000161. The molecule has 1 fully saturated rings. The van der Waals surface area contributed by atoms with Crippen molar-refractivity contribution in [2.45, 2.75) is 24.7 Å². The predicted molar refractivity (Wildman–Crippen MR) is 122 cm³/mol. The third-order valence-electron chi connectivity index (χ3n) is 4.73. The summed E-state index contributed by atoms with van der Waals surface area (Å²) in [4.78, 5) is 15.5. The number of nitrogens with zero attached hydrogens (tertiary/aromatic N) is 4. The summed E-state index contributed by atoms with van der Waals surface area (Å²) in [5, 5.41) is 0.642. The number of benzene rings is 2. The van der Waals surface area contributed by atoms with E-state index in [1.165, 1.54) is 18.4 Å². The molecule has 2 aromatic heterocycles. The van der Waals surface area contributed by atoms with Crippen LogP contribution in [0.1, 0.15) is 35.9 Å². The quantitative estimate of drug-likeness (QED) is 0.331. The molecule has 4 nitrogen and oxygen atoms in total. The van der Waals surface area contributed by atoms with Gasteiger partial charge in [-0.05, 0) is 59.7 Å². The normalized spacial score (nSPS) is 16.7. The molecule has 2 atom stereocenters. The third kappa shape index (κ3) is 6.90. The summed E-state index contributed by atoms with van der Waals surface area (Å²) in [5.41, 5.74) is 2.48. The average molecular weight is 437 g/mol. The van der Waals surface area contributed by atoms with Gasteiger partial charge in [0.15, 0.2) is 0 Å². The highest BCUT2D eigenvalue weighted by Gasteiger charge is 2.34. The van der Waals surface area contributed by atoms with Crippen molar-refractivity contribution in [3.05, 3.63) is 119 Å². The van der Waals surface area contributed by atoms with E-state index in [9.17, 15) is 0 Å². The molecule has 4 aromatic rings. The second kappa shape index (κ2) is 12.0. The molecule has 30 heavy (non-hydrogen) atoms. The first-order valence-corrected chi connectivity index (χ1v) is 10.5. The van der Waals surface area contributed by atoms with E-state index in [1.807, 2.05) is 42.5 Å². The molecule has 1 aliphatic carbocycles. The van der Waals surface area contributed by atoms with Crippen LogP contribution < -0.4 is 0 Å². The lowest BCUT2D eigenvalue weighted by molar-refractivity contribution is 0.339. The molecule has 0 spiro atoms. The highest BCUT2D eigenvalue weighted by atomic mass is 35.5. The smallest absolute Gasteiger partial charge is 0.222 e. The first-order valence-electron chi connectivity index (χ1n) is 9.70. The van der Waals surface area contributed by atoms with Crippen molar-refractivity contribution in [2.24, 2.45) is 0 Å². The van der Waals surface area contributed by atoms with Gasteiger partial charge in [0.2, 0.25) is 10.6 Å². The van der Waals surface area contributed by atoms with Crippen molar-refractivity contribution < 1.29 is 0 Å².